The molecule has 0 amide bonds. The largest absolute Gasteiger partial charge is 0.399 e. The Morgan fingerprint density at radius 3 is 2.62 bits per heavy atom. The van der Waals surface area contributed by atoms with E-state index in [-0.39, 0.29) is 0 Å². The first-order chi connectivity index (χ1) is 11.3. The highest BCUT2D eigenvalue weighted by Crippen LogP contribution is 2.27. The van der Waals surface area contributed by atoms with Gasteiger partial charge in [0, 0.05) is 24.3 Å². The molecule has 0 radical (unpaired) electrons. The SMILES string of the molecule is Cc1cc(N2CCC([N+](C)(C)CCCCCN(C)C)C2)ccc1N. The van der Waals surface area contributed by atoms with E-state index >= 15 is 0 Å². The normalized spacial score (nSPS) is 18.6. The number of nitrogen functional groups attached to an aromatic ring is 1. The summed E-state index contributed by atoms with van der Waals surface area (Å²) in [6.45, 7) is 6.92. The fourth-order valence-corrected chi connectivity index (χ4v) is 3.71. The molecule has 1 unspecified atom stereocenters. The molecule has 2 N–H and O–H groups in total. The number of nitrogens with zero attached hydrogens (tertiary/aromatic N) is 3. The maximum Gasteiger partial charge on any atom is 0.108 e. The second-order valence-electron chi connectivity index (χ2n) is 8.30. The number of quaternary nitrogens is 1. The first-order valence-electron chi connectivity index (χ1n) is 9.38. The number of likely N-dealkylation sites (N-methyl/N-ethyl adjacent to an activating group) is 1. The van der Waals surface area contributed by atoms with Crippen molar-refractivity contribution in [1.29, 1.82) is 0 Å². The third kappa shape index (κ3) is 5.12. The van der Waals surface area contributed by atoms with E-state index in [9.17, 15) is 0 Å². The molecule has 1 heterocycles. The fraction of sp³-hybridized carbons (Fsp3) is 0.700. The molecule has 2 rings (SSSR count). The van der Waals surface area contributed by atoms with Gasteiger partial charge in [0.15, 0.2) is 0 Å². The Kier molecular flexibility index (Phi) is 6.53. The van der Waals surface area contributed by atoms with Crippen LogP contribution in [0.1, 0.15) is 31.2 Å². The molecule has 0 saturated carbocycles. The van der Waals surface area contributed by atoms with Gasteiger partial charge in [-0.15, -0.1) is 0 Å². The maximum absolute atomic E-state index is 5.96. The van der Waals surface area contributed by atoms with Crippen molar-refractivity contribution in [3.8, 4) is 0 Å². The molecule has 1 aliphatic heterocycles. The van der Waals surface area contributed by atoms with Gasteiger partial charge >= 0.3 is 0 Å². The van der Waals surface area contributed by atoms with E-state index in [0.717, 1.165) is 29.3 Å². The van der Waals surface area contributed by atoms with Crippen molar-refractivity contribution in [1.82, 2.24) is 4.90 Å². The lowest BCUT2D eigenvalue weighted by molar-refractivity contribution is -0.912. The Labute approximate surface area is 148 Å². The van der Waals surface area contributed by atoms with E-state index in [1.807, 2.05) is 6.07 Å². The first-order valence-corrected chi connectivity index (χ1v) is 9.38. The highest BCUT2D eigenvalue weighted by atomic mass is 15.4. The molecule has 0 aliphatic carbocycles. The quantitative estimate of drug-likeness (QED) is 0.451. The molecule has 1 aromatic rings. The number of nitrogens with two attached hydrogens (primary N) is 1. The van der Waals surface area contributed by atoms with Crippen LogP contribution in [-0.4, -0.2) is 69.8 Å². The molecule has 1 atom stereocenters. The number of anilines is 2. The van der Waals surface area contributed by atoms with Gasteiger partial charge in [-0.1, -0.05) is 0 Å². The Bertz CT molecular complexity index is 524. The van der Waals surface area contributed by atoms with Crippen LogP contribution in [0.2, 0.25) is 0 Å². The van der Waals surface area contributed by atoms with E-state index in [2.05, 4.69) is 57.0 Å². The van der Waals surface area contributed by atoms with Crippen LogP contribution in [0.4, 0.5) is 11.4 Å². The Balaban J connectivity index is 1.83. The predicted molar refractivity (Wildman–Crippen MR) is 106 cm³/mol. The molecule has 1 fully saturated rings. The second kappa shape index (κ2) is 8.21. The van der Waals surface area contributed by atoms with E-state index in [1.165, 1.54) is 50.0 Å². The highest BCUT2D eigenvalue weighted by molar-refractivity contribution is 5.58. The molecule has 4 nitrogen and oxygen atoms in total. The molecule has 0 aromatic heterocycles. The van der Waals surface area contributed by atoms with Crippen molar-refractivity contribution in [2.45, 2.75) is 38.6 Å². The number of rotatable bonds is 8. The third-order valence-electron chi connectivity index (χ3n) is 5.61. The zero-order valence-corrected chi connectivity index (χ0v) is 16.4. The molecular weight excluding hydrogens is 296 g/mol. The Morgan fingerprint density at radius 1 is 1.21 bits per heavy atom. The van der Waals surface area contributed by atoms with Crippen LogP contribution in [-0.2, 0) is 0 Å². The summed E-state index contributed by atoms with van der Waals surface area (Å²) in [5.41, 5.74) is 9.36. The molecule has 0 spiro atoms. The number of aryl methyl sites for hydroxylation is 1. The summed E-state index contributed by atoms with van der Waals surface area (Å²) >= 11 is 0. The molecule has 136 valence electrons. The van der Waals surface area contributed by atoms with Gasteiger partial charge in [-0.25, -0.2) is 0 Å². The van der Waals surface area contributed by atoms with E-state index in [0.29, 0.717) is 0 Å². The lowest BCUT2D eigenvalue weighted by Crippen LogP contribution is -2.50. The average Bonchev–Trinajstić information content (AvgIpc) is 3.00. The lowest BCUT2D eigenvalue weighted by atomic mass is 10.1. The van der Waals surface area contributed by atoms with Crippen LogP contribution < -0.4 is 10.6 Å². The van der Waals surface area contributed by atoms with Gasteiger partial charge < -0.3 is 20.0 Å². The van der Waals surface area contributed by atoms with Crippen LogP contribution in [0.25, 0.3) is 0 Å². The predicted octanol–water partition coefficient (Wildman–Crippen LogP) is 2.96. The second-order valence-corrected chi connectivity index (χ2v) is 8.30. The zero-order valence-electron chi connectivity index (χ0n) is 16.4. The topological polar surface area (TPSA) is 32.5 Å². The van der Waals surface area contributed by atoms with Crippen LogP contribution in [0.15, 0.2) is 18.2 Å². The fourth-order valence-electron chi connectivity index (χ4n) is 3.71. The van der Waals surface area contributed by atoms with Gasteiger partial charge in [-0.2, -0.15) is 0 Å². The van der Waals surface area contributed by atoms with E-state index in [1.54, 1.807) is 0 Å². The summed E-state index contributed by atoms with van der Waals surface area (Å²) in [6, 6.07) is 7.19. The monoisotopic (exact) mass is 333 g/mol. The molecule has 1 saturated heterocycles. The van der Waals surface area contributed by atoms with Crippen molar-refractivity contribution in [3.63, 3.8) is 0 Å². The van der Waals surface area contributed by atoms with Gasteiger partial charge in [0.25, 0.3) is 0 Å². The molecule has 1 aromatic carbocycles. The standard InChI is InChI=1S/C20H37N4/c1-17-15-18(9-10-20(17)21)23-13-11-19(16-23)24(4,5)14-8-6-7-12-22(2)3/h9-10,15,19H,6-8,11-14,16,21H2,1-5H3/q+1. The number of benzene rings is 1. The molecule has 24 heavy (non-hydrogen) atoms. The summed E-state index contributed by atoms with van der Waals surface area (Å²) in [5, 5.41) is 0. The smallest absolute Gasteiger partial charge is 0.108 e. The average molecular weight is 334 g/mol. The Morgan fingerprint density at radius 2 is 1.96 bits per heavy atom. The van der Waals surface area contributed by atoms with Crippen molar-refractivity contribution < 1.29 is 4.48 Å². The van der Waals surface area contributed by atoms with Crippen LogP contribution in [0.3, 0.4) is 0 Å². The van der Waals surface area contributed by atoms with Crippen molar-refractivity contribution in [2.24, 2.45) is 0 Å². The van der Waals surface area contributed by atoms with Crippen LogP contribution in [0.5, 0.6) is 0 Å². The minimum Gasteiger partial charge on any atom is -0.399 e. The van der Waals surface area contributed by atoms with Gasteiger partial charge in [-0.3, -0.25) is 0 Å². The molecule has 1 aliphatic rings. The van der Waals surface area contributed by atoms with Gasteiger partial charge in [0.2, 0.25) is 0 Å². The third-order valence-corrected chi connectivity index (χ3v) is 5.61. The van der Waals surface area contributed by atoms with E-state index < -0.39 is 0 Å². The summed E-state index contributed by atoms with van der Waals surface area (Å²) < 4.78 is 1.15. The Hall–Kier alpha value is -1.26. The van der Waals surface area contributed by atoms with Crippen molar-refractivity contribution in [3.05, 3.63) is 23.8 Å². The van der Waals surface area contributed by atoms with Crippen molar-refractivity contribution in [2.75, 3.05) is 65.0 Å². The minimum atomic E-state index is 0.733. The molecule has 0 bridgehead atoms. The van der Waals surface area contributed by atoms with Gasteiger partial charge in [0.05, 0.1) is 27.2 Å². The van der Waals surface area contributed by atoms with Crippen LogP contribution >= 0.6 is 0 Å². The minimum absolute atomic E-state index is 0.733. The maximum atomic E-state index is 5.96. The number of unbranched alkanes of at least 4 members (excludes halogenated alkanes) is 2. The van der Waals surface area contributed by atoms with Gasteiger partial charge in [0.1, 0.15) is 6.04 Å². The number of hydrogen-bond donors (Lipinski definition) is 1. The van der Waals surface area contributed by atoms with Crippen molar-refractivity contribution >= 4 is 11.4 Å². The molecular formula is C20H37N4+. The molecule has 4 heteroatoms. The van der Waals surface area contributed by atoms with Gasteiger partial charge in [-0.05, 0) is 70.6 Å². The lowest BCUT2D eigenvalue weighted by Gasteiger charge is -2.36. The zero-order chi connectivity index (χ0) is 17.7. The van der Waals surface area contributed by atoms with Crippen LogP contribution in [0, 0.1) is 6.92 Å². The highest BCUT2D eigenvalue weighted by Gasteiger charge is 2.34. The summed E-state index contributed by atoms with van der Waals surface area (Å²) in [4.78, 5) is 4.81. The summed E-state index contributed by atoms with van der Waals surface area (Å²) in [6.07, 6.45) is 5.27. The summed E-state index contributed by atoms with van der Waals surface area (Å²) in [5.74, 6) is 0. The first kappa shape index (κ1) is 19.1. The van der Waals surface area contributed by atoms with E-state index in [4.69, 9.17) is 5.73 Å². The number of hydrogen-bond acceptors (Lipinski definition) is 3. The summed E-state index contributed by atoms with van der Waals surface area (Å²) in [7, 11) is 9.14.